The number of nitrogens with two attached hydrogens (primary N) is 1. The standard InChI is InChI=1S/C15H13N3S.BrH/c1-11-7-9-12(10-8-11)14-17-15(16)19-18(14)13-5-3-2-4-6-13;/h2-10,16H,1H3;1H. The minimum absolute atomic E-state index is 0. The van der Waals surface area contributed by atoms with Crippen LogP contribution in [0.2, 0.25) is 0 Å². The molecule has 5 heteroatoms. The number of halogens is 1. The van der Waals surface area contributed by atoms with Gasteiger partial charge < -0.3 is 22.7 Å². The van der Waals surface area contributed by atoms with E-state index >= 15 is 0 Å². The van der Waals surface area contributed by atoms with Crippen LogP contribution >= 0.6 is 11.5 Å². The summed E-state index contributed by atoms with van der Waals surface area (Å²) in [5.74, 6) is 0.883. The molecule has 0 unspecified atom stereocenters. The largest absolute Gasteiger partial charge is 1.00 e. The molecule has 0 saturated heterocycles. The van der Waals surface area contributed by atoms with Crippen molar-refractivity contribution in [3.8, 4) is 17.1 Å². The maximum absolute atomic E-state index is 5.87. The first kappa shape index (κ1) is 14.7. The maximum Gasteiger partial charge on any atom is 0.350 e. The second-order valence-corrected chi connectivity index (χ2v) is 5.33. The number of para-hydroxylation sites is 1. The first-order valence-electron chi connectivity index (χ1n) is 6.05. The van der Waals surface area contributed by atoms with Crippen LogP contribution in [0.25, 0.3) is 17.1 Å². The van der Waals surface area contributed by atoms with Gasteiger partial charge >= 0.3 is 11.0 Å². The predicted molar refractivity (Wildman–Crippen MR) is 78.2 cm³/mol. The van der Waals surface area contributed by atoms with Crippen LogP contribution in [0.15, 0.2) is 54.6 Å². The van der Waals surface area contributed by atoms with Gasteiger partial charge in [-0.3, -0.25) is 0 Å². The van der Waals surface area contributed by atoms with E-state index in [1.165, 1.54) is 17.1 Å². The Morgan fingerprint density at radius 1 is 1.00 bits per heavy atom. The molecule has 20 heavy (non-hydrogen) atoms. The van der Waals surface area contributed by atoms with Gasteiger partial charge in [-0.1, -0.05) is 35.9 Å². The van der Waals surface area contributed by atoms with Crippen molar-refractivity contribution in [2.45, 2.75) is 6.92 Å². The van der Waals surface area contributed by atoms with Crippen molar-refractivity contribution in [1.29, 1.82) is 0 Å². The molecule has 0 fully saturated rings. The molecule has 1 heterocycles. The van der Waals surface area contributed by atoms with Crippen LogP contribution in [0.4, 0.5) is 5.13 Å². The van der Waals surface area contributed by atoms with E-state index in [9.17, 15) is 0 Å². The van der Waals surface area contributed by atoms with Gasteiger partial charge in [-0.2, -0.15) is 0 Å². The van der Waals surface area contributed by atoms with Gasteiger partial charge in [0.05, 0.1) is 5.56 Å². The third-order valence-electron chi connectivity index (χ3n) is 2.89. The normalized spacial score (nSPS) is 10.1. The number of nitrogen functional groups attached to an aromatic ring is 1. The number of aromatic nitrogens is 2. The van der Waals surface area contributed by atoms with Gasteiger partial charge in [-0.05, 0) is 36.2 Å². The monoisotopic (exact) mass is 347 g/mol. The molecule has 3 rings (SSSR count). The van der Waals surface area contributed by atoms with Gasteiger partial charge in [0, 0.05) is 0 Å². The van der Waals surface area contributed by atoms with Gasteiger partial charge in [0.1, 0.15) is 17.2 Å². The molecule has 0 aliphatic rings. The van der Waals surface area contributed by atoms with E-state index in [2.05, 4.69) is 52.3 Å². The second kappa shape index (κ2) is 6.15. The Kier molecular flexibility index (Phi) is 4.52. The Balaban J connectivity index is 0.00000147. The van der Waals surface area contributed by atoms with E-state index in [4.69, 9.17) is 5.73 Å². The van der Waals surface area contributed by atoms with Crippen molar-refractivity contribution in [3.63, 3.8) is 0 Å². The fraction of sp³-hybridized carbons (Fsp3) is 0.0667. The zero-order valence-electron chi connectivity index (χ0n) is 11.0. The molecular weight excluding hydrogens is 334 g/mol. The first-order valence-corrected chi connectivity index (χ1v) is 6.83. The zero-order valence-corrected chi connectivity index (χ0v) is 13.4. The third-order valence-corrected chi connectivity index (χ3v) is 3.74. The summed E-state index contributed by atoms with van der Waals surface area (Å²) in [4.78, 5) is 4.45. The molecule has 0 spiro atoms. The van der Waals surface area contributed by atoms with E-state index in [0.29, 0.717) is 5.13 Å². The van der Waals surface area contributed by atoms with E-state index in [1.54, 1.807) is 0 Å². The van der Waals surface area contributed by atoms with Gasteiger partial charge in [0.25, 0.3) is 0 Å². The Hall–Kier alpha value is -1.72. The average Bonchev–Trinajstić information content (AvgIpc) is 2.83. The van der Waals surface area contributed by atoms with Crippen LogP contribution in [-0.4, -0.2) is 4.98 Å². The number of benzene rings is 2. The summed E-state index contributed by atoms with van der Waals surface area (Å²) < 4.78 is 2.06. The summed E-state index contributed by atoms with van der Waals surface area (Å²) in [6, 6.07) is 18.4. The quantitative estimate of drug-likeness (QED) is 0.662. The van der Waals surface area contributed by atoms with Crippen molar-refractivity contribution in [2.24, 2.45) is 0 Å². The predicted octanol–water partition coefficient (Wildman–Crippen LogP) is -0.0186. The zero-order chi connectivity index (χ0) is 13.2. The van der Waals surface area contributed by atoms with Crippen molar-refractivity contribution in [3.05, 3.63) is 60.2 Å². The lowest BCUT2D eigenvalue weighted by molar-refractivity contribution is -0.509. The topological polar surface area (TPSA) is 42.8 Å². The molecule has 0 aliphatic heterocycles. The molecule has 2 N–H and O–H groups in total. The van der Waals surface area contributed by atoms with E-state index in [0.717, 1.165) is 17.1 Å². The highest BCUT2D eigenvalue weighted by Crippen LogP contribution is 2.20. The smallest absolute Gasteiger partial charge is 0.350 e. The number of anilines is 1. The summed E-state index contributed by atoms with van der Waals surface area (Å²) >= 11 is 1.45. The highest BCUT2D eigenvalue weighted by Gasteiger charge is 2.22. The van der Waals surface area contributed by atoms with E-state index in [-0.39, 0.29) is 17.0 Å². The molecule has 102 valence electrons. The lowest BCUT2D eigenvalue weighted by atomic mass is 10.1. The Morgan fingerprint density at radius 3 is 2.30 bits per heavy atom. The van der Waals surface area contributed by atoms with Crippen molar-refractivity contribution in [1.82, 2.24) is 4.98 Å². The Labute approximate surface area is 132 Å². The summed E-state index contributed by atoms with van der Waals surface area (Å²) in [7, 11) is 0. The van der Waals surface area contributed by atoms with Crippen molar-refractivity contribution in [2.75, 3.05) is 5.73 Å². The number of hydrogen-bond acceptors (Lipinski definition) is 3. The van der Waals surface area contributed by atoms with Crippen molar-refractivity contribution >= 4 is 16.7 Å². The number of rotatable bonds is 2. The highest BCUT2D eigenvalue weighted by molar-refractivity contribution is 7.05. The van der Waals surface area contributed by atoms with Crippen LogP contribution in [-0.2, 0) is 0 Å². The minimum atomic E-state index is 0. The third kappa shape index (κ3) is 2.89. The molecule has 3 aromatic rings. The Morgan fingerprint density at radius 2 is 1.65 bits per heavy atom. The van der Waals surface area contributed by atoms with Crippen molar-refractivity contribution < 1.29 is 20.9 Å². The molecular formula is C15H14BrN3S. The SMILES string of the molecule is Cc1ccc(-c2nc(N)s[n+]2-c2ccccc2)cc1.[Br-]. The Bertz CT molecular complexity index is 693. The number of aryl methyl sites for hydroxylation is 1. The van der Waals surface area contributed by atoms with Gasteiger partial charge in [0.15, 0.2) is 0 Å². The first-order chi connectivity index (χ1) is 9.24. The molecule has 0 radical (unpaired) electrons. The molecule has 0 aliphatic carbocycles. The highest BCUT2D eigenvalue weighted by atomic mass is 79.9. The van der Waals surface area contributed by atoms with Gasteiger partial charge in [0.2, 0.25) is 0 Å². The van der Waals surface area contributed by atoms with Crippen LogP contribution in [0, 0.1) is 6.92 Å². The second-order valence-electron chi connectivity index (χ2n) is 4.36. The maximum atomic E-state index is 5.87. The minimum Gasteiger partial charge on any atom is -1.00 e. The summed E-state index contributed by atoms with van der Waals surface area (Å²) in [5, 5.41) is 0.569. The number of nitrogens with zero attached hydrogens (tertiary/aromatic N) is 2. The summed E-state index contributed by atoms with van der Waals surface area (Å²) in [5.41, 5.74) is 9.25. The van der Waals surface area contributed by atoms with Crippen LogP contribution in [0.5, 0.6) is 0 Å². The van der Waals surface area contributed by atoms with Gasteiger partial charge in [-0.15, -0.1) is 3.96 Å². The molecule has 0 bridgehead atoms. The molecule has 1 aromatic heterocycles. The summed E-state index contributed by atoms with van der Waals surface area (Å²) in [6.07, 6.45) is 0. The van der Waals surface area contributed by atoms with Crippen LogP contribution < -0.4 is 26.7 Å². The lowest BCUT2D eigenvalue weighted by Gasteiger charge is -1.98. The summed E-state index contributed by atoms with van der Waals surface area (Å²) in [6.45, 7) is 2.07. The lowest BCUT2D eigenvalue weighted by Crippen LogP contribution is -3.00. The molecule has 0 atom stereocenters. The molecule has 2 aromatic carbocycles. The van der Waals surface area contributed by atoms with Gasteiger partial charge in [-0.25, -0.2) is 0 Å². The van der Waals surface area contributed by atoms with E-state index < -0.39 is 0 Å². The molecule has 0 amide bonds. The van der Waals surface area contributed by atoms with E-state index in [1.807, 2.05) is 18.2 Å². The fourth-order valence-corrected chi connectivity index (χ4v) is 2.70. The average molecular weight is 348 g/mol. The fourth-order valence-electron chi connectivity index (χ4n) is 1.93. The van der Waals surface area contributed by atoms with Crippen LogP contribution in [0.1, 0.15) is 5.56 Å². The molecule has 0 saturated carbocycles. The number of hydrogen-bond donors (Lipinski definition) is 1. The molecule has 3 nitrogen and oxygen atoms in total. The van der Waals surface area contributed by atoms with Crippen LogP contribution in [0.3, 0.4) is 0 Å².